The van der Waals surface area contributed by atoms with E-state index in [2.05, 4.69) is 10.2 Å². The highest BCUT2D eigenvalue weighted by Crippen LogP contribution is 2.32. The van der Waals surface area contributed by atoms with Crippen molar-refractivity contribution in [1.29, 1.82) is 0 Å². The average Bonchev–Trinajstić information content (AvgIpc) is 3.30. The molecular formula is C25H30ClN5O3. The number of primary amides is 1. The number of nitrogens with two attached hydrogens (primary N) is 1. The number of halogens is 1. The van der Waals surface area contributed by atoms with E-state index >= 15 is 0 Å². The van der Waals surface area contributed by atoms with E-state index in [0.717, 1.165) is 42.9 Å². The molecule has 2 aliphatic rings. The van der Waals surface area contributed by atoms with Crippen LogP contribution < -0.4 is 20.9 Å². The third kappa shape index (κ3) is 5.12. The standard InChI is InChI=1S/C25H30ClN5O3/c1-17-15-31(24(33)20-9-8-19(14-21(20)26)29-12-4-5-13-29)22-7-3-2-6-18(22)16-30(17)25(34)28-11-10-23(27)32/h2-3,6-9,14,17H,4-5,10-13,15-16H2,1H3,(H2,27,32)(H,28,34)/t17-/m1/s1. The molecule has 0 aromatic heterocycles. The van der Waals surface area contributed by atoms with Crippen molar-refractivity contribution < 1.29 is 14.4 Å². The second-order valence-electron chi connectivity index (χ2n) is 8.83. The first-order valence-electron chi connectivity index (χ1n) is 11.6. The molecule has 34 heavy (non-hydrogen) atoms. The Labute approximate surface area is 204 Å². The van der Waals surface area contributed by atoms with Crippen molar-refractivity contribution in [3.05, 3.63) is 58.6 Å². The van der Waals surface area contributed by atoms with Crippen LogP contribution in [0, 0.1) is 0 Å². The summed E-state index contributed by atoms with van der Waals surface area (Å²) in [7, 11) is 0. The molecule has 2 heterocycles. The van der Waals surface area contributed by atoms with Crippen molar-refractivity contribution in [1.82, 2.24) is 10.2 Å². The van der Waals surface area contributed by atoms with Crippen LogP contribution in [-0.2, 0) is 11.3 Å². The summed E-state index contributed by atoms with van der Waals surface area (Å²) >= 11 is 6.60. The van der Waals surface area contributed by atoms with Gasteiger partial charge in [0.05, 0.1) is 10.6 Å². The smallest absolute Gasteiger partial charge is 0.318 e. The highest BCUT2D eigenvalue weighted by molar-refractivity contribution is 6.34. The number of fused-ring (bicyclic) bond motifs is 1. The Bertz CT molecular complexity index is 1090. The highest BCUT2D eigenvalue weighted by atomic mass is 35.5. The van der Waals surface area contributed by atoms with Gasteiger partial charge in [0.1, 0.15) is 0 Å². The van der Waals surface area contributed by atoms with Gasteiger partial charge in [0, 0.05) is 56.6 Å². The lowest BCUT2D eigenvalue weighted by molar-refractivity contribution is -0.117. The topological polar surface area (TPSA) is 99.0 Å². The predicted molar refractivity (Wildman–Crippen MR) is 133 cm³/mol. The van der Waals surface area contributed by atoms with E-state index in [1.807, 2.05) is 43.3 Å². The number of hydrogen-bond acceptors (Lipinski definition) is 4. The maximum absolute atomic E-state index is 13.7. The molecule has 9 heteroatoms. The van der Waals surface area contributed by atoms with Crippen LogP contribution in [0.1, 0.15) is 42.1 Å². The fourth-order valence-electron chi connectivity index (χ4n) is 4.56. The van der Waals surface area contributed by atoms with Gasteiger partial charge in [0.25, 0.3) is 5.91 Å². The number of nitrogens with one attached hydrogen (secondary N) is 1. The predicted octanol–water partition coefficient (Wildman–Crippen LogP) is 3.38. The molecule has 4 rings (SSSR count). The zero-order valence-electron chi connectivity index (χ0n) is 19.3. The summed E-state index contributed by atoms with van der Waals surface area (Å²) < 4.78 is 0. The Morgan fingerprint density at radius 1 is 1.12 bits per heavy atom. The summed E-state index contributed by atoms with van der Waals surface area (Å²) in [6, 6.07) is 12.6. The first-order chi connectivity index (χ1) is 16.3. The number of nitrogens with zero attached hydrogens (tertiary/aromatic N) is 3. The Morgan fingerprint density at radius 2 is 1.85 bits per heavy atom. The van der Waals surface area contributed by atoms with Gasteiger partial charge < -0.3 is 25.8 Å². The average molecular weight is 484 g/mol. The molecule has 0 saturated carbocycles. The van der Waals surface area contributed by atoms with Crippen molar-refractivity contribution >= 4 is 40.8 Å². The van der Waals surface area contributed by atoms with Crippen molar-refractivity contribution in [3.63, 3.8) is 0 Å². The number of rotatable bonds is 5. The first kappa shape index (κ1) is 23.9. The SMILES string of the molecule is C[C@@H]1CN(C(=O)c2ccc(N3CCCC3)cc2Cl)c2ccccc2CN1C(=O)NCCC(N)=O. The molecule has 2 aromatic rings. The highest BCUT2D eigenvalue weighted by Gasteiger charge is 2.32. The Balaban J connectivity index is 1.58. The van der Waals surface area contributed by atoms with E-state index in [1.54, 1.807) is 15.9 Å². The summed E-state index contributed by atoms with van der Waals surface area (Å²) in [6.45, 7) is 4.71. The van der Waals surface area contributed by atoms with Gasteiger partial charge in [-0.15, -0.1) is 0 Å². The quantitative estimate of drug-likeness (QED) is 0.681. The normalized spacial score (nSPS) is 17.8. The minimum atomic E-state index is -0.473. The van der Waals surface area contributed by atoms with Gasteiger partial charge in [-0.2, -0.15) is 0 Å². The number of hydrogen-bond donors (Lipinski definition) is 2. The van der Waals surface area contributed by atoms with Crippen LogP contribution in [0.4, 0.5) is 16.2 Å². The van der Waals surface area contributed by atoms with E-state index in [-0.39, 0.29) is 30.9 Å². The first-order valence-corrected chi connectivity index (χ1v) is 12.0. The molecule has 2 aliphatic heterocycles. The van der Waals surface area contributed by atoms with E-state index in [9.17, 15) is 14.4 Å². The summed E-state index contributed by atoms with van der Waals surface area (Å²) in [6.07, 6.45) is 2.39. The molecule has 1 fully saturated rings. The lowest BCUT2D eigenvalue weighted by Gasteiger charge is -2.29. The molecule has 4 amide bonds. The second kappa shape index (κ2) is 10.3. The molecule has 3 N–H and O–H groups in total. The van der Waals surface area contributed by atoms with E-state index < -0.39 is 5.91 Å². The summed E-state index contributed by atoms with van der Waals surface area (Å²) in [4.78, 5) is 43.2. The maximum atomic E-state index is 13.7. The lowest BCUT2D eigenvalue weighted by atomic mass is 10.1. The number of para-hydroxylation sites is 1. The van der Waals surface area contributed by atoms with E-state index in [4.69, 9.17) is 17.3 Å². The van der Waals surface area contributed by atoms with E-state index in [1.165, 1.54) is 0 Å². The Hall–Kier alpha value is -3.26. The lowest BCUT2D eigenvalue weighted by Crippen LogP contribution is -2.48. The molecule has 1 atom stereocenters. The van der Waals surface area contributed by atoms with Gasteiger partial charge in [0.2, 0.25) is 5.91 Å². The number of anilines is 2. The Morgan fingerprint density at radius 3 is 2.56 bits per heavy atom. The van der Waals surface area contributed by atoms with Crippen molar-refractivity contribution in [3.8, 4) is 0 Å². The van der Waals surface area contributed by atoms with Gasteiger partial charge in [-0.1, -0.05) is 29.8 Å². The second-order valence-corrected chi connectivity index (χ2v) is 9.24. The van der Waals surface area contributed by atoms with Gasteiger partial charge in [-0.05, 0) is 49.6 Å². The van der Waals surface area contributed by atoms with E-state index in [0.29, 0.717) is 23.7 Å². The molecular weight excluding hydrogens is 454 g/mol. The molecule has 0 bridgehead atoms. The molecule has 180 valence electrons. The molecule has 0 unspecified atom stereocenters. The molecule has 0 spiro atoms. The maximum Gasteiger partial charge on any atom is 0.318 e. The van der Waals surface area contributed by atoms with Gasteiger partial charge >= 0.3 is 6.03 Å². The largest absolute Gasteiger partial charge is 0.371 e. The fraction of sp³-hybridized carbons (Fsp3) is 0.400. The van der Waals surface area contributed by atoms with Crippen molar-refractivity contribution in [2.45, 2.75) is 38.8 Å². The van der Waals surface area contributed by atoms with Crippen LogP contribution in [0.3, 0.4) is 0 Å². The fourth-order valence-corrected chi connectivity index (χ4v) is 4.82. The summed E-state index contributed by atoms with van der Waals surface area (Å²) in [5, 5.41) is 3.17. The number of urea groups is 1. The molecule has 0 radical (unpaired) electrons. The van der Waals surface area contributed by atoms with Crippen LogP contribution in [-0.4, -0.2) is 55.0 Å². The van der Waals surface area contributed by atoms with Gasteiger partial charge in [-0.3, -0.25) is 9.59 Å². The third-order valence-corrected chi connectivity index (χ3v) is 6.72. The number of carbonyl (C=O) groups is 3. The molecule has 0 aliphatic carbocycles. The Kier molecular flexibility index (Phi) is 7.26. The van der Waals surface area contributed by atoms with Crippen LogP contribution in [0.2, 0.25) is 5.02 Å². The summed E-state index contributed by atoms with van der Waals surface area (Å²) in [5.41, 5.74) is 8.25. The number of amides is 4. The third-order valence-electron chi connectivity index (χ3n) is 6.41. The van der Waals surface area contributed by atoms with Crippen LogP contribution in [0.5, 0.6) is 0 Å². The number of carbonyl (C=O) groups excluding carboxylic acids is 3. The van der Waals surface area contributed by atoms with Gasteiger partial charge in [0.15, 0.2) is 0 Å². The minimum Gasteiger partial charge on any atom is -0.371 e. The van der Waals surface area contributed by atoms with Crippen molar-refractivity contribution in [2.24, 2.45) is 5.73 Å². The van der Waals surface area contributed by atoms with Crippen LogP contribution >= 0.6 is 11.6 Å². The van der Waals surface area contributed by atoms with Crippen LogP contribution in [0.15, 0.2) is 42.5 Å². The molecule has 8 nitrogen and oxygen atoms in total. The van der Waals surface area contributed by atoms with Crippen LogP contribution in [0.25, 0.3) is 0 Å². The van der Waals surface area contributed by atoms with Gasteiger partial charge in [-0.25, -0.2) is 4.79 Å². The molecule has 2 aromatic carbocycles. The zero-order chi connectivity index (χ0) is 24.2. The van der Waals surface area contributed by atoms with Crippen molar-refractivity contribution in [2.75, 3.05) is 36.0 Å². The minimum absolute atomic E-state index is 0.0705. The monoisotopic (exact) mass is 483 g/mol. The number of benzene rings is 2. The summed E-state index contributed by atoms with van der Waals surface area (Å²) in [5.74, 6) is -0.674. The molecule has 1 saturated heterocycles. The zero-order valence-corrected chi connectivity index (χ0v) is 20.1.